The van der Waals surface area contributed by atoms with E-state index in [4.69, 9.17) is 27.6 Å². The molecule has 1 heterocycles. The van der Waals surface area contributed by atoms with Gasteiger partial charge in [0.25, 0.3) is 0 Å². The zero-order chi connectivity index (χ0) is 15.1. The van der Waals surface area contributed by atoms with Crippen LogP contribution in [0.4, 0.5) is 0 Å². The minimum Gasteiger partial charge on any atom is -0.433 e. The number of sulfonamides is 1. The lowest BCUT2D eigenvalue weighted by molar-refractivity contribution is -0.121. The van der Waals surface area contributed by atoms with Crippen LogP contribution in [0.1, 0.15) is 0 Å². The van der Waals surface area contributed by atoms with E-state index in [1.165, 1.54) is 20.2 Å². The Morgan fingerprint density at radius 1 is 1.35 bits per heavy atom. The molecule has 9 heteroatoms. The zero-order valence-electron chi connectivity index (χ0n) is 10.4. The fourth-order valence-electron chi connectivity index (χ4n) is 1.65. The van der Waals surface area contributed by atoms with Gasteiger partial charge in [0.15, 0.2) is 0 Å². The molecule has 20 heavy (non-hydrogen) atoms. The van der Waals surface area contributed by atoms with Crippen molar-refractivity contribution in [3.05, 3.63) is 22.4 Å². The third-order valence-corrected chi connectivity index (χ3v) is 5.27. The number of rotatable bonds is 4. The molecule has 0 fully saturated rings. The molecule has 1 aromatic carbocycles. The lowest BCUT2D eigenvalue weighted by atomic mass is 10.2. The summed E-state index contributed by atoms with van der Waals surface area (Å²) in [7, 11) is -0.995. The highest BCUT2D eigenvalue weighted by molar-refractivity contribution is 7.89. The molecule has 0 saturated carbocycles. The average molecular weight is 338 g/mol. The second kappa shape index (κ2) is 5.25. The van der Waals surface area contributed by atoms with Gasteiger partial charge in [-0.1, -0.05) is 23.2 Å². The summed E-state index contributed by atoms with van der Waals surface area (Å²) in [4.78, 5) is 10.3. The van der Waals surface area contributed by atoms with Gasteiger partial charge in [-0.2, -0.15) is 0 Å². The van der Waals surface area contributed by atoms with Gasteiger partial charge in [0, 0.05) is 19.5 Å². The molecule has 1 aromatic heterocycles. The van der Waals surface area contributed by atoms with Crippen LogP contribution in [0.25, 0.3) is 10.8 Å². The fraction of sp³-hybridized carbons (Fsp3) is 0.182. The highest BCUT2D eigenvalue weighted by atomic mass is 35.5. The number of nitrogens with zero attached hydrogens (tertiary/aromatic N) is 1. The number of benzene rings is 1. The maximum atomic E-state index is 12.2. The summed E-state index contributed by atoms with van der Waals surface area (Å²) >= 11 is 11.9. The summed E-state index contributed by atoms with van der Waals surface area (Å²) in [6, 6.07) is 1.22. The fourth-order valence-corrected chi connectivity index (χ4v) is 3.24. The molecule has 0 N–H and O–H groups in total. The minimum absolute atomic E-state index is 0.0109. The van der Waals surface area contributed by atoms with E-state index in [0.29, 0.717) is 0 Å². The number of fused-ring (bicyclic) bond motifs is 1. The largest absolute Gasteiger partial charge is 0.433 e. The molecule has 0 atom stereocenters. The van der Waals surface area contributed by atoms with E-state index in [0.717, 1.165) is 10.6 Å². The average Bonchev–Trinajstić information content (AvgIpc) is 2.78. The van der Waals surface area contributed by atoms with Crippen molar-refractivity contribution in [1.82, 2.24) is 4.31 Å². The van der Waals surface area contributed by atoms with E-state index in [1.54, 1.807) is 0 Å². The SMILES string of the molecule is CN(C)S(=O)(=O)c1cc(Cl)c(Cl)c2c(OC=O)occ12. The Morgan fingerprint density at radius 3 is 2.55 bits per heavy atom. The van der Waals surface area contributed by atoms with Crippen LogP contribution in [0, 0.1) is 0 Å². The van der Waals surface area contributed by atoms with Gasteiger partial charge >= 0.3 is 12.4 Å². The molecule has 0 bridgehead atoms. The number of hydrogen-bond donors (Lipinski definition) is 0. The summed E-state index contributed by atoms with van der Waals surface area (Å²) < 4.78 is 35.2. The molecule has 0 aliphatic heterocycles. The number of ether oxygens (including phenoxy) is 1. The third-order valence-electron chi connectivity index (χ3n) is 2.62. The van der Waals surface area contributed by atoms with Crippen LogP contribution in [-0.4, -0.2) is 33.3 Å². The molecule has 0 saturated heterocycles. The minimum atomic E-state index is -3.76. The van der Waals surface area contributed by atoms with Crippen LogP contribution in [0.5, 0.6) is 5.95 Å². The Bertz CT molecular complexity index is 782. The van der Waals surface area contributed by atoms with Crippen LogP contribution in [0.3, 0.4) is 0 Å². The van der Waals surface area contributed by atoms with Gasteiger partial charge in [-0.05, 0) is 6.07 Å². The molecule has 0 unspecified atom stereocenters. The van der Waals surface area contributed by atoms with Gasteiger partial charge in [-0.3, -0.25) is 4.79 Å². The number of furan rings is 1. The predicted molar refractivity (Wildman–Crippen MR) is 73.8 cm³/mol. The maximum absolute atomic E-state index is 12.2. The lowest BCUT2D eigenvalue weighted by Gasteiger charge is -2.13. The van der Waals surface area contributed by atoms with Crippen molar-refractivity contribution in [2.75, 3.05) is 14.1 Å². The summed E-state index contributed by atoms with van der Waals surface area (Å²) in [6.45, 7) is 0.148. The van der Waals surface area contributed by atoms with Crippen LogP contribution in [0.2, 0.25) is 10.0 Å². The van der Waals surface area contributed by atoms with Crippen molar-refractivity contribution >= 4 is 50.5 Å². The third kappa shape index (κ3) is 2.26. The van der Waals surface area contributed by atoms with E-state index < -0.39 is 10.0 Å². The molecule has 2 rings (SSSR count). The molecule has 0 radical (unpaired) electrons. The summed E-state index contributed by atoms with van der Waals surface area (Å²) in [5.41, 5.74) is 0. The molecule has 6 nitrogen and oxygen atoms in total. The molecule has 0 aliphatic rings. The Hall–Kier alpha value is -1.28. The summed E-state index contributed by atoms with van der Waals surface area (Å²) in [6.07, 6.45) is 1.15. The van der Waals surface area contributed by atoms with E-state index in [2.05, 4.69) is 4.74 Å². The quantitative estimate of drug-likeness (QED) is 0.801. The second-order valence-electron chi connectivity index (χ2n) is 3.98. The standard InChI is InChI=1S/C11H9Cl2NO5S/c1-14(2)20(16,17)8-3-7(12)10(13)9-6(8)4-18-11(9)19-5-15/h3-5H,1-2H3. The topological polar surface area (TPSA) is 76.8 Å². The van der Waals surface area contributed by atoms with E-state index in [9.17, 15) is 13.2 Å². The molecule has 0 aliphatic carbocycles. The summed E-state index contributed by atoms with van der Waals surface area (Å²) in [5, 5.41) is 0.373. The van der Waals surface area contributed by atoms with Gasteiger partial charge in [0.05, 0.1) is 20.3 Å². The normalized spacial score (nSPS) is 12.1. The van der Waals surface area contributed by atoms with Gasteiger partial charge in [-0.25, -0.2) is 12.7 Å². The van der Waals surface area contributed by atoms with Crippen LogP contribution in [0.15, 0.2) is 21.6 Å². The van der Waals surface area contributed by atoms with E-state index in [-0.39, 0.29) is 38.1 Å². The van der Waals surface area contributed by atoms with E-state index >= 15 is 0 Å². The number of hydrogen-bond acceptors (Lipinski definition) is 5. The number of carbonyl (C=O) groups excluding carboxylic acids is 1. The molecular formula is C11H9Cl2NO5S. The monoisotopic (exact) mass is 337 g/mol. The van der Waals surface area contributed by atoms with Gasteiger partial charge in [-0.15, -0.1) is 0 Å². The van der Waals surface area contributed by atoms with Gasteiger partial charge in [0.1, 0.15) is 6.26 Å². The van der Waals surface area contributed by atoms with Crippen molar-refractivity contribution in [3.63, 3.8) is 0 Å². The number of carbonyl (C=O) groups is 1. The second-order valence-corrected chi connectivity index (χ2v) is 6.89. The van der Waals surface area contributed by atoms with Crippen molar-refractivity contribution in [3.8, 4) is 5.95 Å². The highest BCUT2D eigenvalue weighted by Gasteiger charge is 2.26. The van der Waals surface area contributed by atoms with Crippen LogP contribution < -0.4 is 4.74 Å². The van der Waals surface area contributed by atoms with Crippen molar-refractivity contribution < 1.29 is 22.4 Å². The zero-order valence-corrected chi connectivity index (χ0v) is 12.7. The summed E-state index contributed by atoms with van der Waals surface area (Å²) in [5.74, 6) is -0.210. The molecule has 108 valence electrons. The Kier molecular flexibility index (Phi) is 3.97. The number of halogens is 2. The van der Waals surface area contributed by atoms with Crippen molar-refractivity contribution in [1.29, 1.82) is 0 Å². The first-order valence-corrected chi connectivity index (χ1v) is 7.42. The maximum Gasteiger partial charge on any atom is 0.301 e. The molecular weight excluding hydrogens is 329 g/mol. The van der Waals surface area contributed by atoms with Crippen molar-refractivity contribution in [2.24, 2.45) is 0 Å². The first-order valence-electron chi connectivity index (χ1n) is 5.22. The predicted octanol–water partition coefficient (Wildman–Crippen LogP) is 2.53. The Morgan fingerprint density at radius 2 is 2.00 bits per heavy atom. The van der Waals surface area contributed by atoms with E-state index in [1.807, 2.05) is 0 Å². The first-order chi connectivity index (χ1) is 9.30. The van der Waals surface area contributed by atoms with Gasteiger partial charge in [0.2, 0.25) is 10.0 Å². The van der Waals surface area contributed by atoms with Crippen LogP contribution in [-0.2, 0) is 14.8 Å². The lowest BCUT2D eigenvalue weighted by Crippen LogP contribution is -2.22. The molecule has 0 spiro atoms. The first kappa shape index (κ1) is 15.1. The van der Waals surface area contributed by atoms with Crippen molar-refractivity contribution in [2.45, 2.75) is 4.90 Å². The molecule has 0 amide bonds. The molecule has 2 aromatic rings. The smallest absolute Gasteiger partial charge is 0.301 e. The van der Waals surface area contributed by atoms with Gasteiger partial charge < -0.3 is 9.15 Å². The highest BCUT2D eigenvalue weighted by Crippen LogP contribution is 2.42. The van der Waals surface area contributed by atoms with Crippen LogP contribution >= 0.6 is 23.2 Å². The Balaban J connectivity index is 2.89. The Labute approximate surface area is 124 Å².